The van der Waals surface area contributed by atoms with Gasteiger partial charge in [-0.15, -0.1) is 0 Å². The highest BCUT2D eigenvalue weighted by Crippen LogP contribution is 2.55. The molecule has 5 rings (SSSR count). The van der Waals surface area contributed by atoms with E-state index in [9.17, 15) is 9.59 Å². The Hall–Kier alpha value is -1.62. The van der Waals surface area contributed by atoms with Crippen LogP contribution in [0.15, 0.2) is 18.3 Å². The average molecular weight is 349 g/mol. The summed E-state index contributed by atoms with van der Waals surface area (Å²) in [6.07, 6.45) is 8.64. The maximum absolute atomic E-state index is 12.3. The van der Waals surface area contributed by atoms with Crippen LogP contribution in [-0.2, 0) is 9.53 Å². The minimum Gasteiger partial charge on any atom is -0.451 e. The molecule has 0 radical (unpaired) electrons. The first kappa shape index (κ1) is 15.9. The summed E-state index contributed by atoms with van der Waals surface area (Å²) < 4.78 is 5.09. The molecule has 6 heteroatoms. The van der Waals surface area contributed by atoms with Gasteiger partial charge < -0.3 is 10.1 Å². The molecular weight excluding hydrogens is 328 g/mol. The fourth-order valence-corrected chi connectivity index (χ4v) is 5.48. The summed E-state index contributed by atoms with van der Waals surface area (Å²) in [4.78, 5) is 28.1. The first-order valence-corrected chi connectivity index (χ1v) is 8.99. The molecule has 0 unspecified atom stereocenters. The van der Waals surface area contributed by atoms with Crippen molar-refractivity contribution in [2.75, 3.05) is 6.61 Å². The summed E-state index contributed by atoms with van der Waals surface area (Å²) in [6, 6.07) is 3.01. The van der Waals surface area contributed by atoms with Crippen LogP contribution in [-0.4, -0.2) is 29.0 Å². The highest BCUT2D eigenvalue weighted by atomic mass is 35.5. The number of amides is 1. The number of nitrogens with one attached hydrogen (secondary N) is 1. The van der Waals surface area contributed by atoms with E-state index < -0.39 is 5.97 Å². The van der Waals surface area contributed by atoms with Gasteiger partial charge >= 0.3 is 5.97 Å². The number of carbonyl (C=O) groups is 2. The third-order valence-corrected chi connectivity index (χ3v) is 5.94. The lowest BCUT2D eigenvalue weighted by Crippen LogP contribution is -2.60. The Balaban J connectivity index is 1.33. The Kier molecular flexibility index (Phi) is 3.99. The van der Waals surface area contributed by atoms with Crippen LogP contribution in [0.25, 0.3) is 0 Å². The Bertz CT molecular complexity index is 641. The number of pyridine rings is 1. The Morgan fingerprint density at radius 2 is 1.83 bits per heavy atom. The molecule has 128 valence electrons. The molecule has 1 amide bonds. The van der Waals surface area contributed by atoms with Crippen molar-refractivity contribution >= 4 is 23.5 Å². The van der Waals surface area contributed by atoms with Gasteiger partial charge in [0.1, 0.15) is 5.69 Å². The van der Waals surface area contributed by atoms with Crippen molar-refractivity contribution < 1.29 is 14.3 Å². The number of halogens is 1. The van der Waals surface area contributed by atoms with E-state index in [-0.39, 0.29) is 23.7 Å². The number of hydrogen-bond acceptors (Lipinski definition) is 4. The summed E-state index contributed by atoms with van der Waals surface area (Å²) >= 11 is 5.83. The average Bonchev–Trinajstić information content (AvgIpc) is 2.50. The number of aromatic nitrogens is 1. The van der Waals surface area contributed by atoms with Gasteiger partial charge in [-0.1, -0.05) is 11.6 Å². The van der Waals surface area contributed by atoms with Crippen LogP contribution in [0.1, 0.15) is 49.0 Å². The number of ether oxygens (including phenoxy) is 1. The molecule has 4 bridgehead atoms. The number of rotatable bonds is 4. The third-order valence-electron chi connectivity index (χ3n) is 5.71. The minimum atomic E-state index is -0.627. The fraction of sp³-hybridized carbons (Fsp3) is 0.611. The highest BCUT2D eigenvalue weighted by molar-refractivity contribution is 6.30. The smallest absolute Gasteiger partial charge is 0.357 e. The number of hydrogen-bond donors (Lipinski definition) is 1. The van der Waals surface area contributed by atoms with Gasteiger partial charge in [0.2, 0.25) is 0 Å². The van der Waals surface area contributed by atoms with Crippen molar-refractivity contribution in [3.05, 3.63) is 29.0 Å². The molecule has 5 nitrogen and oxygen atoms in total. The van der Waals surface area contributed by atoms with E-state index in [1.165, 1.54) is 31.5 Å². The number of nitrogens with zero attached hydrogens (tertiary/aromatic N) is 1. The third kappa shape index (κ3) is 3.14. The van der Waals surface area contributed by atoms with E-state index in [1.54, 1.807) is 6.07 Å². The molecule has 0 spiro atoms. The second-order valence-electron chi connectivity index (χ2n) is 7.68. The first-order chi connectivity index (χ1) is 11.5. The largest absolute Gasteiger partial charge is 0.451 e. The van der Waals surface area contributed by atoms with E-state index in [0.29, 0.717) is 5.02 Å². The lowest BCUT2D eigenvalue weighted by Gasteiger charge is -2.56. The maximum Gasteiger partial charge on any atom is 0.357 e. The lowest BCUT2D eigenvalue weighted by atomic mass is 9.53. The molecule has 1 aromatic rings. The molecule has 0 aliphatic heterocycles. The van der Waals surface area contributed by atoms with Gasteiger partial charge in [-0.3, -0.25) is 4.79 Å². The van der Waals surface area contributed by atoms with Gasteiger partial charge in [0.05, 0.1) is 0 Å². The molecule has 1 aromatic heterocycles. The summed E-state index contributed by atoms with van der Waals surface area (Å²) in [5, 5.41) is 3.59. The van der Waals surface area contributed by atoms with Crippen molar-refractivity contribution in [1.29, 1.82) is 0 Å². The summed E-state index contributed by atoms with van der Waals surface area (Å²) in [5.74, 6) is 1.43. The summed E-state index contributed by atoms with van der Waals surface area (Å²) in [6.45, 7) is -0.269. The van der Waals surface area contributed by atoms with Crippen LogP contribution < -0.4 is 5.32 Å². The van der Waals surface area contributed by atoms with Crippen LogP contribution in [0.3, 0.4) is 0 Å². The standard InChI is InChI=1S/C18H21ClN2O3/c19-14-1-2-20-15(6-14)17(23)24-10-16(22)21-18-7-11-3-12(8-18)5-13(4-11)9-18/h1-2,6,11-13H,3-5,7-10H2,(H,21,22). The van der Waals surface area contributed by atoms with E-state index in [2.05, 4.69) is 10.3 Å². The molecule has 4 saturated carbocycles. The minimum absolute atomic E-state index is 0.0630. The van der Waals surface area contributed by atoms with Crippen molar-refractivity contribution in [1.82, 2.24) is 10.3 Å². The van der Waals surface area contributed by atoms with Crippen molar-refractivity contribution in [2.24, 2.45) is 17.8 Å². The molecule has 0 atom stereocenters. The normalized spacial score (nSPS) is 33.3. The van der Waals surface area contributed by atoms with Gasteiger partial charge in [0.25, 0.3) is 5.91 Å². The van der Waals surface area contributed by atoms with E-state index in [0.717, 1.165) is 37.0 Å². The predicted molar refractivity (Wildman–Crippen MR) is 88.6 cm³/mol. The topological polar surface area (TPSA) is 68.3 Å². The van der Waals surface area contributed by atoms with Gasteiger partial charge in [-0.25, -0.2) is 9.78 Å². The SMILES string of the molecule is O=C(COC(=O)c1cc(Cl)ccn1)NC12CC3CC(CC(C3)C1)C2. The zero-order valence-electron chi connectivity index (χ0n) is 13.5. The zero-order chi connectivity index (χ0) is 16.7. The van der Waals surface area contributed by atoms with Crippen LogP contribution in [0, 0.1) is 17.8 Å². The Labute approximate surface area is 146 Å². The molecule has 24 heavy (non-hydrogen) atoms. The molecule has 0 aromatic carbocycles. The molecule has 4 fully saturated rings. The quantitative estimate of drug-likeness (QED) is 0.849. The Morgan fingerprint density at radius 3 is 2.42 bits per heavy atom. The molecule has 4 aliphatic carbocycles. The molecule has 1 N–H and O–H groups in total. The Morgan fingerprint density at radius 1 is 1.21 bits per heavy atom. The second kappa shape index (κ2) is 6.03. The molecule has 1 heterocycles. The molecule has 4 aliphatic rings. The zero-order valence-corrected chi connectivity index (χ0v) is 14.2. The van der Waals surface area contributed by atoms with E-state index >= 15 is 0 Å². The summed E-state index contributed by atoms with van der Waals surface area (Å²) in [7, 11) is 0. The second-order valence-corrected chi connectivity index (χ2v) is 8.12. The predicted octanol–water partition coefficient (Wildman–Crippen LogP) is 2.98. The van der Waals surface area contributed by atoms with Gasteiger partial charge in [0, 0.05) is 16.8 Å². The number of carbonyl (C=O) groups excluding carboxylic acids is 2. The lowest BCUT2D eigenvalue weighted by molar-refractivity contribution is -0.130. The van der Waals surface area contributed by atoms with E-state index in [4.69, 9.17) is 16.3 Å². The molecular formula is C18H21ClN2O3. The molecule has 0 saturated heterocycles. The number of esters is 1. The van der Waals surface area contributed by atoms with Crippen LogP contribution in [0.4, 0.5) is 0 Å². The van der Waals surface area contributed by atoms with Gasteiger partial charge in [-0.05, 0) is 68.4 Å². The van der Waals surface area contributed by atoms with Crippen molar-refractivity contribution in [3.8, 4) is 0 Å². The maximum atomic E-state index is 12.3. The van der Waals surface area contributed by atoms with E-state index in [1.807, 2.05) is 0 Å². The van der Waals surface area contributed by atoms with Crippen molar-refractivity contribution in [2.45, 2.75) is 44.1 Å². The van der Waals surface area contributed by atoms with Crippen LogP contribution >= 0.6 is 11.6 Å². The van der Waals surface area contributed by atoms with Crippen molar-refractivity contribution in [3.63, 3.8) is 0 Å². The monoisotopic (exact) mass is 348 g/mol. The van der Waals surface area contributed by atoms with Gasteiger partial charge in [-0.2, -0.15) is 0 Å². The van der Waals surface area contributed by atoms with Crippen LogP contribution in [0.2, 0.25) is 5.02 Å². The first-order valence-electron chi connectivity index (χ1n) is 8.61. The highest BCUT2D eigenvalue weighted by Gasteiger charge is 2.51. The van der Waals surface area contributed by atoms with Crippen LogP contribution in [0.5, 0.6) is 0 Å². The van der Waals surface area contributed by atoms with Gasteiger partial charge in [0.15, 0.2) is 6.61 Å². The summed E-state index contributed by atoms with van der Waals surface area (Å²) in [5.41, 5.74) is 0.0529. The fourth-order valence-electron chi connectivity index (χ4n) is 5.32.